The molecule has 1 unspecified atom stereocenters. The van der Waals surface area contributed by atoms with Crippen LogP contribution in [-0.2, 0) is 5.75 Å². The van der Waals surface area contributed by atoms with Gasteiger partial charge in [-0.3, -0.25) is 0 Å². The van der Waals surface area contributed by atoms with Crippen molar-refractivity contribution in [1.82, 2.24) is 10.2 Å². The second-order valence-electron chi connectivity index (χ2n) is 3.34. The minimum atomic E-state index is 0.414. The first kappa shape index (κ1) is 11.6. The highest BCUT2D eigenvalue weighted by Gasteiger charge is 2.10. The summed E-state index contributed by atoms with van der Waals surface area (Å²) in [5, 5.41) is 10.4. The summed E-state index contributed by atoms with van der Waals surface area (Å²) in [7, 11) is 0. The molecule has 86 valence electrons. The summed E-state index contributed by atoms with van der Waals surface area (Å²) in [6.45, 7) is 2.75. The Morgan fingerprint density at radius 2 is 2.44 bits per heavy atom. The monoisotopic (exact) mass is 255 g/mol. The molecule has 2 rings (SSSR count). The maximum atomic E-state index is 5.55. The van der Waals surface area contributed by atoms with Gasteiger partial charge in [-0.25, -0.2) is 0 Å². The van der Waals surface area contributed by atoms with Crippen molar-refractivity contribution in [1.29, 1.82) is 0 Å². The van der Waals surface area contributed by atoms with Crippen LogP contribution in [0.5, 0.6) is 0 Å². The molecule has 1 atom stereocenters. The van der Waals surface area contributed by atoms with E-state index in [2.05, 4.69) is 17.1 Å². The van der Waals surface area contributed by atoms with Crippen molar-refractivity contribution in [3.05, 3.63) is 23.4 Å². The Bertz CT molecular complexity index is 427. The molecule has 0 amide bonds. The van der Waals surface area contributed by atoms with Crippen molar-refractivity contribution in [3.63, 3.8) is 0 Å². The van der Waals surface area contributed by atoms with Crippen LogP contribution in [0.1, 0.15) is 12.8 Å². The molecule has 2 heterocycles. The van der Waals surface area contributed by atoms with E-state index in [4.69, 9.17) is 10.2 Å². The van der Waals surface area contributed by atoms with Crippen molar-refractivity contribution in [2.75, 3.05) is 6.54 Å². The van der Waals surface area contributed by atoms with Gasteiger partial charge in [0.25, 0.3) is 5.89 Å². The maximum absolute atomic E-state index is 5.55. The second kappa shape index (κ2) is 5.47. The Hall–Kier alpha value is -0.850. The Morgan fingerprint density at radius 1 is 1.56 bits per heavy atom. The smallest absolute Gasteiger partial charge is 0.257 e. The number of hydrogen-bond donors (Lipinski definition) is 1. The van der Waals surface area contributed by atoms with Gasteiger partial charge in [0.1, 0.15) is 0 Å². The zero-order chi connectivity index (χ0) is 11.4. The van der Waals surface area contributed by atoms with Crippen LogP contribution in [0.25, 0.3) is 10.8 Å². The molecule has 0 aliphatic carbocycles. The van der Waals surface area contributed by atoms with Gasteiger partial charge >= 0.3 is 0 Å². The molecule has 2 aromatic rings. The van der Waals surface area contributed by atoms with E-state index in [1.807, 2.05) is 17.5 Å². The molecule has 6 heteroatoms. The minimum absolute atomic E-state index is 0.414. The topological polar surface area (TPSA) is 64.9 Å². The van der Waals surface area contributed by atoms with Crippen molar-refractivity contribution < 1.29 is 4.42 Å². The summed E-state index contributed by atoms with van der Waals surface area (Å²) in [6.07, 6.45) is 0. The molecule has 0 bridgehead atoms. The fourth-order valence-electron chi connectivity index (χ4n) is 1.09. The lowest BCUT2D eigenvalue weighted by atomic mass is 10.5. The Kier molecular flexibility index (Phi) is 3.98. The Balaban J connectivity index is 1.98. The SMILES string of the molecule is CC(CN)SCc1nnc(-c2cccs2)o1. The normalized spacial score (nSPS) is 12.9. The van der Waals surface area contributed by atoms with Crippen molar-refractivity contribution in [2.24, 2.45) is 5.73 Å². The third-order valence-corrected chi connectivity index (χ3v) is 4.06. The predicted octanol–water partition coefficient (Wildman–Crippen LogP) is 2.38. The highest BCUT2D eigenvalue weighted by molar-refractivity contribution is 7.99. The number of rotatable bonds is 5. The van der Waals surface area contributed by atoms with Gasteiger partial charge in [0.2, 0.25) is 5.89 Å². The van der Waals surface area contributed by atoms with E-state index < -0.39 is 0 Å². The van der Waals surface area contributed by atoms with E-state index in [9.17, 15) is 0 Å². The highest BCUT2D eigenvalue weighted by atomic mass is 32.2. The van der Waals surface area contributed by atoms with Crippen LogP contribution in [0.3, 0.4) is 0 Å². The molecule has 0 spiro atoms. The molecular formula is C10H13N3OS2. The van der Waals surface area contributed by atoms with Gasteiger partial charge in [0.05, 0.1) is 10.6 Å². The first-order chi connectivity index (χ1) is 7.79. The van der Waals surface area contributed by atoms with Crippen LogP contribution in [0.15, 0.2) is 21.9 Å². The van der Waals surface area contributed by atoms with Gasteiger partial charge in [-0.1, -0.05) is 13.0 Å². The Morgan fingerprint density at radius 3 is 3.12 bits per heavy atom. The molecular weight excluding hydrogens is 242 g/mol. The van der Waals surface area contributed by atoms with Crippen molar-refractivity contribution in [2.45, 2.75) is 17.9 Å². The standard InChI is InChI=1S/C10H13N3OS2/c1-7(5-11)16-6-9-12-13-10(14-9)8-3-2-4-15-8/h2-4,7H,5-6,11H2,1H3. The number of aromatic nitrogens is 2. The number of hydrogen-bond acceptors (Lipinski definition) is 6. The van der Waals surface area contributed by atoms with Crippen molar-refractivity contribution in [3.8, 4) is 10.8 Å². The first-order valence-corrected chi connectivity index (χ1v) is 6.90. The third kappa shape index (κ3) is 2.84. The van der Waals surface area contributed by atoms with E-state index in [0.717, 1.165) is 10.6 Å². The molecule has 4 nitrogen and oxygen atoms in total. The van der Waals surface area contributed by atoms with Gasteiger partial charge in [0.15, 0.2) is 0 Å². The summed E-state index contributed by atoms with van der Waals surface area (Å²) in [5.74, 6) is 1.98. The van der Waals surface area contributed by atoms with Crippen LogP contribution in [0.2, 0.25) is 0 Å². The van der Waals surface area contributed by atoms with Crippen LogP contribution >= 0.6 is 23.1 Å². The molecule has 0 radical (unpaired) electrons. The Labute approximate surface area is 102 Å². The van der Waals surface area contributed by atoms with E-state index in [1.165, 1.54) is 0 Å². The molecule has 16 heavy (non-hydrogen) atoms. The molecule has 0 saturated heterocycles. The van der Waals surface area contributed by atoms with Gasteiger partial charge in [0, 0.05) is 11.8 Å². The lowest BCUT2D eigenvalue weighted by molar-refractivity contribution is 0.529. The lowest BCUT2D eigenvalue weighted by Gasteiger charge is -2.04. The van der Waals surface area contributed by atoms with Gasteiger partial charge < -0.3 is 10.2 Å². The summed E-state index contributed by atoms with van der Waals surface area (Å²) in [6, 6.07) is 3.94. The van der Waals surface area contributed by atoms with E-state index in [1.54, 1.807) is 23.1 Å². The maximum Gasteiger partial charge on any atom is 0.257 e. The zero-order valence-electron chi connectivity index (χ0n) is 8.92. The highest BCUT2D eigenvalue weighted by Crippen LogP contribution is 2.24. The number of nitrogens with two attached hydrogens (primary N) is 1. The van der Waals surface area contributed by atoms with Gasteiger partial charge in [-0.05, 0) is 11.4 Å². The summed E-state index contributed by atoms with van der Waals surface area (Å²) in [4.78, 5) is 1.01. The van der Waals surface area contributed by atoms with Crippen LogP contribution in [0, 0.1) is 0 Å². The average Bonchev–Trinajstić information content (AvgIpc) is 2.95. The van der Waals surface area contributed by atoms with Gasteiger partial charge in [-0.15, -0.1) is 33.3 Å². The van der Waals surface area contributed by atoms with Crippen LogP contribution in [0.4, 0.5) is 0 Å². The summed E-state index contributed by atoms with van der Waals surface area (Å²) < 4.78 is 5.55. The fraction of sp³-hybridized carbons (Fsp3) is 0.400. The fourth-order valence-corrected chi connectivity index (χ4v) is 2.42. The zero-order valence-corrected chi connectivity index (χ0v) is 10.6. The average molecular weight is 255 g/mol. The second-order valence-corrected chi connectivity index (χ2v) is 5.71. The summed E-state index contributed by atoms with van der Waals surface area (Å²) in [5.41, 5.74) is 5.53. The van der Waals surface area contributed by atoms with Gasteiger partial charge in [-0.2, -0.15) is 0 Å². The largest absolute Gasteiger partial charge is 0.419 e. The molecule has 0 fully saturated rings. The number of thioether (sulfide) groups is 1. The molecule has 0 aliphatic heterocycles. The lowest BCUT2D eigenvalue weighted by Crippen LogP contribution is -2.12. The number of nitrogens with zero attached hydrogens (tertiary/aromatic N) is 2. The third-order valence-electron chi connectivity index (χ3n) is 2.02. The predicted molar refractivity (Wildman–Crippen MR) is 67.4 cm³/mol. The molecule has 2 N–H and O–H groups in total. The van der Waals surface area contributed by atoms with Crippen LogP contribution in [-0.4, -0.2) is 22.0 Å². The van der Waals surface area contributed by atoms with Crippen LogP contribution < -0.4 is 5.73 Å². The summed E-state index contributed by atoms with van der Waals surface area (Å²) >= 11 is 3.32. The minimum Gasteiger partial charge on any atom is -0.419 e. The van der Waals surface area contributed by atoms with E-state index >= 15 is 0 Å². The molecule has 0 aromatic carbocycles. The first-order valence-electron chi connectivity index (χ1n) is 4.97. The van der Waals surface area contributed by atoms with Crippen molar-refractivity contribution >= 4 is 23.1 Å². The van der Waals surface area contributed by atoms with E-state index in [-0.39, 0.29) is 0 Å². The number of thiophene rings is 1. The molecule has 0 saturated carbocycles. The molecule has 2 aromatic heterocycles. The quantitative estimate of drug-likeness (QED) is 0.888. The molecule has 0 aliphatic rings. The van der Waals surface area contributed by atoms with E-state index in [0.29, 0.717) is 23.6 Å².